The summed E-state index contributed by atoms with van der Waals surface area (Å²) >= 11 is 6.18. The summed E-state index contributed by atoms with van der Waals surface area (Å²) in [5, 5.41) is 21.6. The van der Waals surface area contributed by atoms with Crippen molar-refractivity contribution >= 4 is 28.5 Å². The van der Waals surface area contributed by atoms with E-state index in [4.69, 9.17) is 30.9 Å². The molecular weight excluding hydrogens is 579 g/mol. The Bertz CT molecular complexity index is 1290. The lowest BCUT2D eigenvalue weighted by molar-refractivity contribution is -0.265. The van der Waals surface area contributed by atoms with Crippen LogP contribution in [0.1, 0.15) is 49.3 Å². The van der Waals surface area contributed by atoms with Crippen LogP contribution in [0.15, 0.2) is 24.3 Å². The third-order valence-corrected chi connectivity index (χ3v) is 8.05. The molecule has 1 aromatic heterocycles. The molecule has 0 saturated carbocycles. The number of halogens is 4. The molecule has 0 bridgehead atoms. The highest BCUT2D eigenvalue weighted by Gasteiger charge is 2.57. The maximum Gasteiger partial charge on any atom is 0.424 e. The van der Waals surface area contributed by atoms with Gasteiger partial charge in [-0.2, -0.15) is 13.2 Å². The zero-order valence-electron chi connectivity index (χ0n) is 22.4. The fourth-order valence-electron chi connectivity index (χ4n) is 3.71. The van der Waals surface area contributed by atoms with E-state index in [1.807, 2.05) is 0 Å². The number of nitrogens with zero attached hydrogens (tertiary/aromatic N) is 1. The molecule has 0 fully saturated rings. The molecule has 0 radical (unpaired) electrons. The standard InChI is InChI=1S/C25H31ClF3N3O7S/c1-22(2,3)40(36)32-23(4)13-39-19-17(23)11-18(31-20(19)26)24(35,25(27,28)29)12-30-21(34)14-8-15(37-5)10-16(9-14)38-7-6-33/h8-11,32-33,35H,6-7,12-13H2,1-5H3,(H,30,34)/t23-,24-,40?/m1/s1. The van der Waals surface area contributed by atoms with Crippen molar-refractivity contribution in [2.24, 2.45) is 0 Å². The molecule has 10 nitrogen and oxygen atoms in total. The van der Waals surface area contributed by atoms with Gasteiger partial charge in [-0.25, -0.2) is 13.9 Å². The van der Waals surface area contributed by atoms with E-state index in [1.54, 1.807) is 27.7 Å². The van der Waals surface area contributed by atoms with Crippen molar-refractivity contribution in [3.05, 3.63) is 46.2 Å². The number of pyridine rings is 1. The molecule has 0 aliphatic carbocycles. The van der Waals surface area contributed by atoms with E-state index in [0.717, 1.165) is 6.07 Å². The average Bonchev–Trinajstić information content (AvgIpc) is 3.20. The number of carbonyl (C=O) groups excluding carboxylic acids is 1. The minimum absolute atomic E-state index is 0.00771. The number of fused-ring (bicyclic) bond motifs is 1. The Balaban J connectivity index is 1.96. The van der Waals surface area contributed by atoms with E-state index < -0.39 is 56.3 Å². The lowest BCUT2D eigenvalue weighted by atomic mass is 9.91. The topological polar surface area (TPSA) is 139 Å². The number of hydrogen-bond donors (Lipinski definition) is 4. The SMILES string of the molecule is COc1cc(OCCO)cc(C(=O)NC[C@@](O)(c2cc3c(c(Cl)n2)OC[C@@]3(C)NS(=O)C(C)(C)C)C(F)(F)F)c1. The molecule has 222 valence electrons. The number of amides is 1. The Labute approximate surface area is 236 Å². The number of benzene rings is 1. The molecule has 0 saturated heterocycles. The normalized spacial score (nSPS) is 19.3. The second-order valence-corrected chi connectivity index (χ2v) is 12.6. The van der Waals surface area contributed by atoms with Gasteiger partial charge in [-0.1, -0.05) is 11.6 Å². The van der Waals surface area contributed by atoms with Gasteiger partial charge in [0, 0.05) is 17.2 Å². The Hall–Kier alpha value is -2.65. The molecule has 2 aromatic rings. The summed E-state index contributed by atoms with van der Waals surface area (Å²) in [5.74, 6) is -0.668. The van der Waals surface area contributed by atoms with Gasteiger partial charge in [0.15, 0.2) is 10.9 Å². The van der Waals surface area contributed by atoms with Gasteiger partial charge < -0.3 is 29.7 Å². The summed E-state index contributed by atoms with van der Waals surface area (Å²) < 4.78 is 74.0. The first-order valence-electron chi connectivity index (χ1n) is 12.0. The summed E-state index contributed by atoms with van der Waals surface area (Å²) in [4.78, 5) is 16.6. The summed E-state index contributed by atoms with van der Waals surface area (Å²) in [6.07, 6.45) is -5.30. The van der Waals surface area contributed by atoms with Gasteiger partial charge in [0.2, 0.25) is 5.60 Å². The molecule has 3 atom stereocenters. The van der Waals surface area contributed by atoms with Crippen LogP contribution >= 0.6 is 11.6 Å². The van der Waals surface area contributed by atoms with E-state index in [0.29, 0.717) is 0 Å². The highest BCUT2D eigenvalue weighted by molar-refractivity contribution is 7.84. The largest absolute Gasteiger partial charge is 0.497 e. The zero-order valence-corrected chi connectivity index (χ0v) is 24.0. The number of ether oxygens (including phenoxy) is 3. The van der Waals surface area contributed by atoms with Crippen molar-refractivity contribution in [3.8, 4) is 17.2 Å². The minimum Gasteiger partial charge on any atom is -0.497 e. The maximum absolute atomic E-state index is 14.4. The monoisotopic (exact) mass is 609 g/mol. The average molecular weight is 610 g/mol. The Morgan fingerprint density at radius 3 is 2.45 bits per heavy atom. The molecular formula is C25H31ClF3N3O7S. The number of rotatable bonds is 10. The highest BCUT2D eigenvalue weighted by atomic mass is 35.5. The van der Waals surface area contributed by atoms with Crippen LogP contribution in [0, 0.1) is 0 Å². The zero-order chi connectivity index (χ0) is 30.1. The number of aliphatic hydroxyl groups excluding tert-OH is 1. The molecule has 3 rings (SSSR count). The van der Waals surface area contributed by atoms with E-state index in [2.05, 4.69) is 15.0 Å². The molecule has 1 aromatic carbocycles. The molecule has 40 heavy (non-hydrogen) atoms. The fourth-order valence-corrected chi connectivity index (χ4v) is 4.84. The van der Waals surface area contributed by atoms with Gasteiger partial charge in [0.25, 0.3) is 5.91 Å². The van der Waals surface area contributed by atoms with Crippen LogP contribution in [0.4, 0.5) is 13.2 Å². The smallest absolute Gasteiger partial charge is 0.424 e. The van der Waals surface area contributed by atoms with Crippen LogP contribution in [-0.4, -0.2) is 69.7 Å². The molecule has 2 heterocycles. The van der Waals surface area contributed by atoms with Crippen molar-refractivity contribution in [1.82, 2.24) is 15.0 Å². The van der Waals surface area contributed by atoms with Gasteiger partial charge in [-0.05, 0) is 45.9 Å². The predicted octanol–water partition coefficient (Wildman–Crippen LogP) is 2.95. The number of methoxy groups -OCH3 is 1. The maximum atomic E-state index is 14.4. The molecule has 0 spiro atoms. The number of alkyl halides is 3. The quantitative estimate of drug-likeness (QED) is 0.302. The first-order chi connectivity index (χ1) is 18.4. The van der Waals surface area contributed by atoms with Crippen LogP contribution < -0.4 is 24.2 Å². The van der Waals surface area contributed by atoms with Crippen molar-refractivity contribution in [2.75, 3.05) is 33.5 Å². The molecule has 1 unspecified atom stereocenters. The minimum atomic E-state index is -5.30. The van der Waals surface area contributed by atoms with Crippen LogP contribution in [-0.2, 0) is 22.1 Å². The van der Waals surface area contributed by atoms with Gasteiger partial charge in [0.05, 0.1) is 47.2 Å². The lowest BCUT2D eigenvalue weighted by Crippen LogP contribution is -2.52. The highest BCUT2D eigenvalue weighted by Crippen LogP contribution is 2.46. The molecule has 1 amide bonds. The second-order valence-electron chi connectivity index (χ2n) is 10.3. The predicted molar refractivity (Wildman–Crippen MR) is 141 cm³/mol. The van der Waals surface area contributed by atoms with Gasteiger partial charge in [-0.15, -0.1) is 0 Å². The van der Waals surface area contributed by atoms with Crippen LogP contribution in [0.5, 0.6) is 17.2 Å². The molecule has 1 aliphatic rings. The Morgan fingerprint density at radius 1 is 1.23 bits per heavy atom. The van der Waals surface area contributed by atoms with Crippen LogP contribution in [0.3, 0.4) is 0 Å². The number of aliphatic hydroxyl groups is 2. The van der Waals surface area contributed by atoms with Crippen molar-refractivity contribution in [1.29, 1.82) is 0 Å². The van der Waals surface area contributed by atoms with Gasteiger partial charge in [-0.3, -0.25) is 4.79 Å². The van der Waals surface area contributed by atoms with E-state index in [-0.39, 0.29) is 48.2 Å². The first-order valence-corrected chi connectivity index (χ1v) is 13.5. The number of hydrogen-bond acceptors (Lipinski definition) is 8. The van der Waals surface area contributed by atoms with E-state index in [9.17, 15) is 27.3 Å². The summed E-state index contributed by atoms with van der Waals surface area (Å²) in [7, 11) is -0.312. The Morgan fingerprint density at radius 2 is 1.88 bits per heavy atom. The summed E-state index contributed by atoms with van der Waals surface area (Å²) in [6, 6.07) is 4.92. The molecule has 1 aliphatic heterocycles. The first kappa shape index (κ1) is 31.9. The van der Waals surface area contributed by atoms with Gasteiger partial charge >= 0.3 is 6.18 Å². The summed E-state index contributed by atoms with van der Waals surface area (Å²) in [6.45, 7) is 4.92. The number of nitrogens with one attached hydrogen (secondary N) is 2. The van der Waals surface area contributed by atoms with Crippen molar-refractivity contribution in [3.63, 3.8) is 0 Å². The summed E-state index contributed by atoms with van der Waals surface area (Å²) in [5.41, 5.74) is -5.78. The van der Waals surface area contributed by atoms with Crippen molar-refractivity contribution < 1.29 is 46.6 Å². The molecule has 4 N–H and O–H groups in total. The third kappa shape index (κ3) is 6.62. The van der Waals surface area contributed by atoms with Crippen molar-refractivity contribution in [2.45, 2.75) is 49.8 Å². The fraction of sp³-hybridized carbons (Fsp3) is 0.520. The van der Waals surface area contributed by atoms with Gasteiger partial charge in [0.1, 0.15) is 24.7 Å². The molecule has 15 heteroatoms. The lowest BCUT2D eigenvalue weighted by Gasteiger charge is -2.32. The number of aromatic nitrogens is 1. The van der Waals surface area contributed by atoms with Crippen LogP contribution in [0.2, 0.25) is 5.15 Å². The van der Waals surface area contributed by atoms with E-state index in [1.165, 1.54) is 25.3 Å². The van der Waals surface area contributed by atoms with E-state index >= 15 is 0 Å². The second kappa shape index (κ2) is 11.7. The third-order valence-electron chi connectivity index (χ3n) is 6.04. The number of carbonyl (C=O) groups is 1. The van der Waals surface area contributed by atoms with Crippen LogP contribution in [0.25, 0.3) is 0 Å². The Kier molecular flexibility index (Phi) is 9.31.